The van der Waals surface area contributed by atoms with Gasteiger partial charge in [0, 0.05) is 12.3 Å². The molecule has 0 bridgehead atoms. The summed E-state index contributed by atoms with van der Waals surface area (Å²) in [4.78, 5) is 11.3. The first kappa shape index (κ1) is 14.3. The summed E-state index contributed by atoms with van der Waals surface area (Å²) in [5.41, 5.74) is 4.09. The number of aliphatic hydroxyl groups excluding tert-OH is 1. The third-order valence-electron chi connectivity index (χ3n) is 3.25. The average Bonchev–Trinajstić information content (AvgIpc) is 2.48. The zero-order chi connectivity index (χ0) is 14.4. The topological polar surface area (TPSA) is 49.3 Å². The molecule has 1 atom stereocenters. The molecule has 0 aliphatic heterocycles. The van der Waals surface area contributed by atoms with Gasteiger partial charge in [-0.15, -0.1) is 0 Å². The van der Waals surface area contributed by atoms with E-state index >= 15 is 0 Å². The van der Waals surface area contributed by atoms with Gasteiger partial charge in [-0.2, -0.15) is 0 Å². The second-order valence-electron chi connectivity index (χ2n) is 4.84. The van der Waals surface area contributed by atoms with E-state index in [9.17, 15) is 4.79 Å². The maximum atomic E-state index is 11.3. The Labute approximate surface area is 119 Å². The Balaban J connectivity index is 2.09. The molecular formula is C17H19NO2. The Morgan fingerprint density at radius 3 is 2.30 bits per heavy atom. The Hall–Kier alpha value is -2.13. The van der Waals surface area contributed by atoms with Gasteiger partial charge in [0.25, 0.3) is 0 Å². The maximum absolute atomic E-state index is 11.3. The maximum Gasteiger partial charge on any atom is 0.146 e. The number of benzene rings is 2. The number of aliphatic hydroxyl groups is 1. The van der Waals surface area contributed by atoms with Crippen molar-refractivity contribution >= 4 is 12.0 Å². The van der Waals surface area contributed by atoms with Gasteiger partial charge < -0.3 is 15.2 Å². The van der Waals surface area contributed by atoms with Gasteiger partial charge in [-0.05, 0) is 36.6 Å². The minimum Gasteiger partial charge on any atom is -0.396 e. The Kier molecular flexibility index (Phi) is 4.91. The third-order valence-corrected chi connectivity index (χ3v) is 3.25. The normalized spacial score (nSPS) is 11.9. The van der Waals surface area contributed by atoms with Crippen LogP contribution in [0.4, 0.5) is 5.69 Å². The molecule has 0 radical (unpaired) electrons. The number of aldehydes is 1. The summed E-state index contributed by atoms with van der Waals surface area (Å²) < 4.78 is 0. The first-order valence-corrected chi connectivity index (χ1v) is 6.71. The minimum absolute atomic E-state index is 0.146. The summed E-state index contributed by atoms with van der Waals surface area (Å²) in [6.45, 7) is 2.17. The number of carbonyl (C=O) groups excluding carboxylic acids is 1. The van der Waals surface area contributed by atoms with Crippen LogP contribution in [-0.4, -0.2) is 18.0 Å². The fraction of sp³-hybridized carbons (Fsp3) is 0.235. The van der Waals surface area contributed by atoms with Gasteiger partial charge in [-0.3, -0.25) is 0 Å². The van der Waals surface area contributed by atoms with E-state index < -0.39 is 0 Å². The lowest BCUT2D eigenvalue weighted by atomic mass is 10.1. The number of hydrogen-bond donors (Lipinski definition) is 2. The van der Waals surface area contributed by atoms with E-state index in [1.807, 2.05) is 55.5 Å². The van der Waals surface area contributed by atoms with Crippen molar-refractivity contribution < 1.29 is 9.90 Å². The zero-order valence-corrected chi connectivity index (χ0v) is 11.5. The van der Waals surface area contributed by atoms with Crippen molar-refractivity contribution in [2.45, 2.75) is 19.4 Å². The first-order valence-electron chi connectivity index (χ1n) is 6.71. The van der Waals surface area contributed by atoms with Gasteiger partial charge >= 0.3 is 0 Å². The standard InChI is InChI=1S/C17H19NO2/c1-13-2-6-15(7-3-13)17(12-20)18-16-8-4-14(5-9-16)10-11-19/h2-9,12,17-19H,10-11H2,1H3. The van der Waals surface area contributed by atoms with Crippen LogP contribution in [0.15, 0.2) is 48.5 Å². The summed E-state index contributed by atoms with van der Waals surface area (Å²) in [7, 11) is 0. The summed E-state index contributed by atoms with van der Waals surface area (Å²) >= 11 is 0. The quantitative estimate of drug-likeness (QED) is 0.793. The number of anilines is 1. The monoisotopic (exact) mass is 269 g/mol. The lowest BCUT2D eigenvalue weighted by molar-refractivity contribution is -0.108. The fourth-order valence-electron chi connectivity index (χ4n) is 2.05. The van der Waals surface area contributed by atoms with Crippen molar-refractivity contribution in [2.24, 2.45) is 0 Å². The number of aryl methyl sites for hydroxylation is 1. The molecule has 0 aromatic heterocycles. The van der Waals surface area contributed by atoms with E-state index in [0.717, 1.165) is 23.1 Å². The van der Waals surface area contributed by atoms with Crippen LogP contribution in [0.5, 0.6) is 0 Å². The summed E-state index contributed by atoms with van der Waals surface area (Å²) in [5.74, 6) is 0. The molecular weight excluding hydrogens is 250 g/mol. The molecule has 0 fully saturated rings. The lowest BCUT2D eigenvalue weighted by Crippen LogP contribution is -2.12. The van der Waals surface area contributed by atoms with E-state index in [1.165, 1.54) is 5.56 Å². The lowest BCUT2D eigenvalue weighted by Gasteiger charge is -2.15. The van der Waals surface area contributed by atoms with E-state index in [0.29, 0.717) is 6.42 Å². The van der Waals surface area contributed by atoms with Crippen molar-refractivity contribution in [1.29, 1.82) is 0 Å². The summed E-state index contributed by atoms with van der Waals surface area (Å²) in [5, 5.41) is 12.1. The van der Waals surface area contributed by atoms with Crippen LogP contribution in [0.3, 0.4) is 0 Å². The van der Waals surface area contributed by atoms with Gasteiger partial charge in [0.2, 0.25) is 0 Å². The predicted octanol–water partition coefficient (Wildman–Crippen LogP) is 2.88. The molecule has 0 spiro atoms. The van der Waals surface area contributed by atoms with Crippen LogP contribution in [0.25, 0.3) is 0 Å². The van der Waals surface area contributed by atoms with Crippen molar-refractivity contribution in [1.82, 2.24) is 0 Å². The minimum atomic E-state index is -0.348. The van der Waals surface area contributed by atoms with Gasteiger partial charge in [0.05, 0.1) is 0 Å². The van der Waals surface area contributed by atoms with Gasteiger partial charge in [0.1, 0.15) is 12.3 Å². The number of rotatable bonds is 6. The number of nitrogens with one attached hydrogen (secondary N) is 1. The van der Waals surface area contributed by atoms with Gasteiger partial charge in [-0.1, -0.05) is 42.0 Å². The molecule has 2 N–H and O–H groups in total. The fourth-order valence-corrected chi connectivity index (χ4v) is 2.05. The number of carbonyl (C=O) groups is 1. The molecule has 3 nitrogen and oxygen atoms in total. The van der Waals surface area contributed by atoms with Crippen molar-refractivity contribution in [3.63, 3.8) is 0 Å². The molecule has 0 aliphatic carbocycles. The van der Waals surface area contributed by atoms with Crippen molar-refractivity contribution in [2.75, 3.05) is 11.9 Å². The highest BCUT2D eigenvalue weighted by molar-refractivity contribution is 5.67. The molecule has 0 heterocycles. The molecule has 2 aromatic carbocycles. The predicted molar refractivity (Wildman–Crippen MR) is 80.8 cm³/mol. The second-order valence-corrected chi connectivity index (χ2v) is 4.84. The molecule has 104 valence electrons. The van der Waals surface area contributed by atoms with E-state index in [4.69, 9.17) is 5.11 Å². The van der Waals surface area contributed by atoms with E-state index in [1.54, 1.807) is 0 Å². The molecule has 0 saturated heterocycles. The second kappa shape index (κ2) is 6.87. The number of hydrogen-bond acceptors (Lipinski definition) is 3. The first-order chi connectivity index (χ1) is 9.72. The molecule has 3 heteroatoms. The van der Waals surface area contributed by atoms with Gasteiger partial charge in [0.15, 0.2) is 0 Å². The zero-order valence-electron chi connectivity index (χ0n) is 11.5. The largest absolute Gasteiger partial charge is 0.396 e. The molecule has 0 saturated carbocycles. The van der Waals surface area contributed by atoms with Crippen LogP contribution in [-0.2, 0) is 11.2 Å². The molecule has 2 rings (SSSR count). The molecule has 0 amide bonds. The highest BCUT2D eigenvalue weighted by atomic mass is 16.2. The molecule has 0 aliphatic rings. The van der Waals surface area contributed by atoms with Crippen LogP contribution < -0.4 is 5.32 Å². The van der Waals surface area contributed by atoms with E-state index in [2.05, 4.69) is 5.32 Å². The molecule has 2 aromatic rings. The molecule has 1 unspecified atom stereocenters. The smallest absolute Gasteiger partial charge is 0.146 e. The van der Waals surface area contributed by atoms with Crippen molar-refractivity contribution in [3.8, 4) is 0 Å². The SMILES string of the molecule is Cc1ccc(C(C=O)Nc2ccc(CCO)cc2)cc1. The molecule has 20 heavy (non-hydrogen) atoms. The highest BCUT2D eigenvalue weighted by Gasteiger charge is 2.09. The van der Waals surface area contributed by atoms with E-state index in [-0.39, 0.29) is 12.6 Å². The van der Waals surface area contributed by atoms with Crippen molar-refractivity contribution in [3.05, 3.63) is 65.2 Å². The Bertz CT molecular complexity index is 546. The Morgan fingerprint density at radius 1 is 1.10 bits per heavy atom. The highest BCUT2D eigenvalue weighted by Crippen LogP contribution is 2.19. The summed E-state index contributed by atoms with van der Waals surface area (Å²) in [6, 6.07) is 15.3. The van der Waals surface area contributed by atoms with Crippen LogP contribution in [0.1, 0.15) is 22.7 Å². The third kappa shape index (κ3) is 3.68. The average molecular weight is 269 g/mol. The van der Waals surface area contributed by atoms with Crippen LogP contribution in [0.2, 0.25) is 0 Å². The Morgan fingerprint density at radius 2 is 1.75 bits per heavy atom. The summed E-state index contributed by atoms with van der Waals surface area (Å²) in [6.07, 6.45) is 1.56. The van der Waals surface area contributed by atoms with Gasteiger partial charge in [-0.25, -0.2) is 0 Å². The van der Waals surface area contributed by atoms with Crippen LogP contribution in [0, 0.1) is 6.92 Å². The van der Waals surface area contributed by atoms with Crippen LogP contribution >= 0.6 is 0 Å².